The Morgan fingerprint density at radius 1 is 1.14 bits per heavy atom. The van der Waals surface area contributed by atoms with E-state index in [4.69, 9.17) is 4.74 Å². The first-order valence-electron chi connectivity index (χ1n) is 7.65. The van der Waals surface area contributed by atoms with E-state index in [0.29, 0.717) is 25.3 Å². The lowest BCUT2D eigenvalue weighted by atomic mass is 10.1. The Balaban J connectivity index is 2.68. The van der Waals surface area contributed by atoms with Gasteiger partial charge in [0.15, 0.2) is 0 Å². The van der Waals surface area contributed by atoms with E-state index in [0.717, 1.165) is 12.2 Å². The zero-order valence-corrected chi connectivity index (χ0v) is 14.4. The summed E-state index contributed by atoms with van der Waals surface area (Å²) in [7, 11) is 0. The van der Waals surface area contributed by atoms with Gasteiger partial charge in [-0.1, -0.05) is 19.1 Å². The SMILES string of the molecule is CCCN(CCC(=O)OCC)C(=O)c1ccc(CSC)cc1. The fourth-order valence-corrected chi connectivity index (χ4v) is 2.66. The highest BCUT2D eigenvalue weighted by Crippen LogP contribution is 2.13. The molecule has 1 amide bonds. The van der Waals surface area contributed by atoms with Crippen molar-refractivity contribution in [3.8, 4) is 0 Å². The third kappa shape index (κ3) is 6.10. The lowest BCUT2D eigenvalue weighted by Gasteiger charge is -2.22. The van der Waals surface area contributed by atoms with Crippen LogP contribution in [0, 0.1) is 0 Å². The number of benzene rings is 1. The molecule has 0 saturated heterocycles. The van der Waals surface area contributed by atoms with Crippen molar-refractivity contribution in [1.29, 1.82) is 0 Å². The molecule has 0 spiro atoms. The zero-order valence-electron chi connectivity index (χ0n) is 13.6. The smallest absolute Gasteiger partial charge is 0.307 e. The molecule has 0 fully saturated rings. The molecule has 0 unspecified atom stereocenters. The van der Waals surface area contributed by atoms with Crippen molar-refractivity contribution in [1.82, 2.24) is 4.90 Å². The number of ether oxygens (including phenoxy) is 1. The van der Waals surface area contributed by atoms with Crippen LogP contribution in [0.15, 0.2) is 24.3 Å². The lowest BCUT2D eigenvalue weighted by molar-refractivity contribution is -0.143. The van der Waals surface area contributed by atoms with Crippen LogP contribution in [0.2, 0.25) is 0 Å². The predicted molar refractivity (Wildman–Crippen MR) is 91.1 cm³/mol. The van der Waals surface area contributed by atoms with Gasteiger partial charge in [0.1, 0.15) is 0 Å². The summed E-state index contributed by atoms with van der Waals surface area (Å²) in [4.78, 5) is 25.7. The summed E-state index contributed by atoms with van der Waals surface area (Å²) in [6.07, 6.45) is 3.15. The van der Waals surface area contributed by atoms with Gasteiger partial charge in [0, 0.05) is 24.4 Å². The third-order valence-electron chi connectivity index (χ3n) is 3.18. The standard InChI is InChI=1S/C17H25NO3S/c1-4-11-18(12-10-16(19)21-5-2)17(20)15-8-6-14(7-9-15)13-22-3/h6-9H,4-5,10-13H2,1-3H3. The molecule has 0 radical (unpaired) electrons. The van der Waals surface area contributed by atoms with Crippen LogP contribution >= 0.6 is 11.8 Å². The van der Waals surface area contributed by atoms with Gasteiger partial charge in [-0.05, 0) is 37.3 Å². The number of nitrogens with zero attached hydrogens (tertiary/aromatic N) is 1. The van der Waals surface area contributed by atoms with E-state index in [1.54, 1.807) is 23.6 Å². The topological polar surface area (TPSA) is 46.6 Å². The summed E-state index contributed by atoms with van der Waals surface area (Å²) >= 11 is 1.75. The quantitative estimate of drug-likeness (QED) is 0.654. The second-order valence-electron chi connectivity index (χ2n) is 4.98. The highest BCUT2D eigenvalue weighted by molar-refractivity contribution is 7.97. The molecule has 22 heavy (non-hydrogen) atoms. The normalized spacial score (nSPS) is 10.3. The second kappa shape index (κ2) is 10.3. The van der Waals surface area contributed by atoms with Crippen molar-refractivity contribution < 1.29 is 14.3 Å². The van der Waals surface area contributed by atoms with Crippen LogP contribution in [-0.2, 0) is 15.3 Å². The first-order valence-corrected chi connectivity index (χ1v) is 9.04. The first-order chi connectivity index (χ1) is 10.6. The van der Waals surface area contributed by atoms with Crippen LogP contribution in [0.3, 0.4) is 0 Å². The van der Waals surface area contributed by atoms with E-state index in [9.17, 15) is 9.59 Å². The number of esters is 1. The first kappa shape index (κ1) is 18.6. The molecule has 1 aromatic rings. The maximum absolute atomic E-state index is 12.5. The molecule has 4 nitrogen and oxygen atoms in total. The molecular weight excluding hydrogens is 298 g/mol. The van der Waals surface area contributed by atoms with E-state index in [-0.39, 0.29) is 18.3 Å². The molecule has 0 aliphatic carbocycles. The minimum Gasteiger partial charge on any atom is -0.466 e. The molecule has 122 valence electrons. The summed E-state index contributed by atoms with van der Waals surface area (Å²) in [5, 5.41) is 0. The van der Waals surface area contributed by atoms with E-state index in [1.165, 1.54) is 5.56 Å². The zero-order chi connectivity index (χ0) is 16.4. The van der Waals surface area contributed by atoms with Gasteiger partial charge in [0.2, 0.25) is 0 Å². The number of carbonyl (C=O) groups is 2. The minimum atomic E-state index is -0.258. The Bertz CT molecular complexity index is 473. The van der Waals surface area contributed by atoms with E-state index in [1.807, 2.05) is 31.2 Å². The summed E-state index contributed by atoms with van der Waals surface area (Å²) in [6, 6.07) is 7.69. The monoisotopic (exact) mass is 323 g/mol. The largest absolute Gasteiger partial charge is 0.466 e. The van der Waals surface area contributed by atoms with Crippen LogP contribution in [0.4, 0.5) is 0 Å². The van der Waals surface area contributed by atoms with Crippen LogP contribution in [-0.4, -0.2) is 42.7 Å². The molecule has 0 heterocycles. The van der Waals surface area contributed by atoms with E-state index < -0.39 is 0 Å². The van der Waals surface area contributed by atoms with Crippen LogP contribution in [0.5, 0.6) is 0 Å². The number of thioether (sulfide) groups is 1. The Hall–Kier alpha value is -1.49. The average Bonchev–Trinajstić information content (AvgIpc) is 2.52. The molecule has 0 N–H and O–H groups in total. The van der Waals surface area contributed by atoms with Crippen molar-refractivity contribution in [3.05, 3.63) is 35.4 Å². The summed E-state index contributed by atoms with van der Waals surface area (Å²) in [5.74, 6) is 0.657. The van der Waals surface area contributed by atoms with Gasteiger partial charge < -0.3 is 9.64 Å². The third-order valence-corrected chi connectivity index (χ3v) is 3.81. The van der Waals surface area contributed by atoms with Gasteiger partial charge in [-0.2, -0.15) is 11.8 Å². The van der Waals surface area contributed by atoms with Gasteiger partial charge in [-0.15, -0.1) is 0 Å². The predicted octanol–water partition coefficient (Wildman–Crippen LogP) is 3.36. The van der Waals surface area contributed by atoms with Crippen molar-refractivity contribution in [2.45, 2.75) is 32.4 Å². The van der Waals surface area contributed by atoms with Crippen LogP contribution in [0.1, 0.15) is 42.6 Å². The van der Waals surface area contributed by atoms with Gasteiger partial charge in [0.05, 0.1) is 13.0 Å². The van der Waals surface area contributed by atoms with E-state index in [2.05, 4.69) is 6.26 Å². The fraction of sp³-hybridized carbons (Fsp3) is 0.529. The molecule has 5 heteroatoms. The molecule has 0 bridgehead atoms. The Labute approximate surface area is 137 Å². The molecule has 0 saturated carbocycles. The molecular formula is C17H25NO3S. The highest BCUT2D eigenvalue weighted by atomic mass is 32.2. The molecule has 0 aliphatic rings. The fourth-order valence-electron chi connectivity index (χ4n) is 2.14. The number of hydrogen-bond donors (Lipinski definition) is 0. The molecule has 0 aromatic heterocycles. The maximum Gasteiger partial charge on any atom is 0.307 e. The summed E-state index contributed by atoms with van der Waals surface area (Å²) in [6.45, 7) is 5.22. The highest BCUT2D eigenvalue weighted by Gasteiger charge is 2.16. The number of amides is 1. The molecule has 0 aliphatic heterocycles. The summed E-state index contributed by atoms with van der Waals surface area (Å²) < 4.78 is 4.92. The van der Waals surface area contributed by atoms with Crippen LogP contribution < -0.4 is 0 Å². The number of hydrogen-bond acceptors (Lipinski definition) is 4. The van der Waals surface area contributed by atoms with Gasteiger partial charge in [-0.3, -0.25) is 9.59 Å². The van der Waals surface area contributed by atoms with Crippen molar-refractivity contribution >= 4 is 23.6 Å². The minimum absolute atomic E-state index is 0.0261. The lowest BCUT2D eigenvalue weighted by Crippen LogP contribution is -2.34. The van der Waals surface area contributed by atoms with Gasteiger partial charge in [0.25, 0.3) is 5.91 Å². The van der Waals surface area contributed by atoms with Gasteiger partial charge >= 0.3 is 5.97 Å². The number of rotatable bonds is 9. The van der Waals surface area contributed by atoms with Crippen molar-refractivity contribution in [2.75, 3.05) is 26.0 Å². The maximum atomic E-state index is 12.5. The Kier molecular flexibility index (Phi) is 8.67. The second-order valence-corrected chi connectivity index (χ2v) is 5.84. The van der Waals surface area contributed by atoms with E-state index >= 15 is 0 Å². The van der Waals surface area contributed by atoms with Crippen molar-refractivity contribution in [3.63, 3.8) is 0 Å². The van der Waals surface area contributed by atoms with Crippen molar-refractivity contribution in [2.24, 2.45) is 0 Å². The number of carbonyl (C=O) groups excluding carboxylic acids is 2. The van der Waals surface area contributed by atoms with Gasteiger partial charge in [-0.25, -0.2) is 0 Å². The summed E-state index contributed by atoms with van der Waals surface area (Å²) in [5.41, 5.74) is 1.87. The molecule has 1 rings (SSSR count). The Morgan fingerprint density at radius 2 is 1.82 bits per heavy atom. The average molecular weight is 323 g/mol. The van der Waals surface area contributed by atoms with Crippen LogP contribution in [0.25, 0.3) is 0 Å². The molecule has 0 atom stereocenters. The molecule has 1 aromatic carbocycles. The Morgan fingerprint density at radius 3 is 2.36 bits per heavy atom.